The second-order valence-electron chi connectivity index (χ2n) is 5.73. The summed E-state index contributed by atoms with van der Waals surface area (Å²) in [6.45, 7) is 1.20. The highest BCUT2D eigenvalue weighted by Gasteiger charge is 2.26. The highest BCUT2D eigenvalue weighted by molar-refractivity contribution is 6.30. The van der Waals surface area contributed by atoms with Gasteiger partial charge < -0.3 is 15.0 Å². The molecule has 7 heteroatoms. The van der Waals surface area contributed by atoms with Gasteiger partial charge in [-0.25, -0.2) is 13.6 Å². The first-order valence-corrected chi connectivity index (χ1v) is 8.25. The maximum atomic E-state index is 13.6. The summed E-state index contributed by atoms with van der Waals surface area (Å²) in [4.78, 5) is 13.9. The molecule has 2 aromatic carbocycles. The Morgan fingerprint density at radius 2 is 2.04 bits per heavy atom. The Kier molecular flexibility index (Phi) is 5.50. The molecule has 132 valence electrons. The summed E-state index contributed by atoms with van der Waals surface area (Å²) >= 11 is 5.81. The van der Waals surface area contributed by atoms with Crippen LogP contribution >= 0.6 is 11.6 Å². The average molecular weight is 367 g/mol. The van der Waals surface area contributed by atoms with Crippen molar-refractivity contribution in [2.75, 3.05) is 19.7 Å². The van der Waals surface area contributed by atoms with Crippen LogP contribution < -0.4 is 5.32 Å². The summed E-state index contributed by atoms with van der Waals surface area (Å²) < 4.78 is 32.6. The van der Waals surface area contributed by atoms with Gasteiger partial charge in [0.1, 0.15) is 17.7 Å². The average Bonchev–Trinajstić information content (AvgIpc) is 2.63. The lowest BCUT2D eigenvalue weighted by Gasteiger charge is -2.33. The van der Waals surface area contributed by atoms with E-state index in [1.807, 2.05) is 0 Å². The molecule has 2 amide bonds. The van der Waals surface area contributed by atoms with Crippen LogP contribution in [0.15, 0.2) is 42.5 Å². The Morgan fingerprint density at radius 1 is 1.24 bits per heavy atom. The third kappa shape index (κ3) is 4.27. The number of urea groups is 1. The van der Waals surface area contributed by atoms with Gasteiger partial charge in [-0.2, -0.15) is 0 Å². The number of carbonyl (C=O) groups excluding carboxylic acids is 1. The van der Waals surface area contributed by atoms with Crippen LogP contribution in [-0.4, -0.2) is 30.6 Å². The van der Waals surface area contributed by atoms with Gasteiger partial charge in [0, 0.05) is 18.7 Å². The molecule has 1 fully saturated rings. The molecule has 1 saturated heterocycles. The Hall–Kier alpha value is -2.18. The molecule has 0 bridgehead atoms. The van der Waals surface area contributed by atoms with Gasteiger partial charge in [-0.15, -0.1) is 0 Å². The van der Waals surface area contributed by atoms with E-state index in [9.17, 15) is 13.6 Å². The Balaban J connectivity index is 1.61. The number of morpholine rings is 1. The molecule has 0 aromatic heterocycles. The van der Waals surface area contributed by atoms with Crippen molar-refractivity contribution in [2.24, 2.45) is 0 Å². The Bertz CT molecular complexity index is 772. The lowest BCUT2D eigenvalue weighted by Crippen LogP contribution is -2.47. The molecular weight excluding hydrogens is 350 g/mol. The lowest BCUT2D eigenvalue weighted by molar-refractivity contribution is -0.0155. The number of halogens is 3. The molecule has 1 aliphatic heterocycles. The lowest BCUT2D eigenvalue weighted by atomic mass is 10.1. The van der Waals surface area contributed by atoms with E-state index in [4.69, 9.17) is 16.3 Å². The van der Waals surface area contributed by atoms with Crippen LogP contribution in [0.2, 0.25) is 5.02 Å². The van der Waals surface area contributed by atoms with Crippen molar-refractivity contribution in [3.63, 3.8) is 0 Å². The van der Waals surface area contributed by atoms with Gasteiger partial charge >= 0.3 is 6.03 Å². The summed E-state index contributed by atoms with van der Waals surface area (Å²) in [5.41, 5.74) is 1.13. The quantitative estimate of drug-likeness (QED) is 0.895. The third-order valence-corrected chi connectivity index (χ3v) is 4.35. The molecule has 0 saturated carbocycles. The molecule has 25 heavy (non-hydrogen) atoms. The maximum Gasteiger partial charge on any atom is 0.317 e. The van der Waals surface area contributed by atoms with E-state index in [1.54, 1.807) is 29.2 Å². The van der Waals surface area contributed by atoms with Gasteiger partial charge in [-0.05, 0) is 23.8 Å². The van der Waals surface area contributed by atoms with Crippen molar-refractivity contribution in [1.82, 2.24) is 10.2 Å². The predicted molar refractivity (Wildman–Crippen MR) is 90.3 cm³/mol. The molecule has 1 heterocycles. The van der Waals surface area contributed by atoms with E-state index in [1.165, 1.54) is 18.2 Å². The number of carbonyl (C=O) groups is 1. The minimum atomic E-state index is -0.499. The van der Waals surface area contributed by atoms with E-state index in [-0.39, 0.29) is 29.5 Å². The first kappa shape index (κ1) is 17.6. The van der Waals surface area contributed by atoms with Crippen molar-refractivity contribution in [2.45, 2.75) is 12.6 Å². The summed E-state index contributed by atoms with van der Waals surface area (Å²) in [5.74, 6) is -0.857. The van der Waals surface area contributed by atoms with E-state index in [0.29, 0.717) is 30.8 Å². The first-order valence-electron chi connectivity index (χ1n) is 7.87. The minimum absolute atomic E-state index is 0.0160. The third-order valence-electron chi connectivity index (χ3n) is 4.06. The van der Waals surface area contributed by atoms with Gasteiger partial charge in [-0.1, -0.05) is 35.9 Å². The number of hydrogen-bond donors (Lipinski definition) is 1. The van der Waals surface area contributed by atoms with Crippen LogP contribution in [0.3, 0.4) is 0 Å². The number of benzene rings is 2. The number of rotatable bonds is 3. The van der Waals surface area contributed by atoms with Crippen molar-refractivity contribution < 1.29 is 18.3 Å². The molecule has 1 atom stereocenters. The Labute approximate surface area is 149 Å². The zero-order chi connectivity index (χ0) is 17.8. The number of nitrogens with zero attached hydrogens (tertiary/aromatic N) is 1. The van der Waals surface area contributed by atoms with Crippen LogP contribution in [0.1, 0.15) is 17.2 Å². The molecule has 2 aromatic rings. The number of hydrogen-bond acceptors (Lipinski definition) is 2. The molecule has 0 aliphatic carbocycles. The maximum absolute atomic E-state index is 13.6. The fraction of sp³-hybridized carbons (Fsp3) is 0.278. The number of amides is 2. The van der Waals surface area contributed by atoms with Crippen LogP contribution in [0, 0.1) is 11.6 Å². The van der Waals surface area contributed by atoms with Gasteiger partial charge in [0.2, 0.25) is 0 Å². The topological polar surface area (TPSA) is 41.6 Å². The largest absolute Gasteiger partial charge is 0.370 e. The first-order chi connectivity index (χ1) is 12.0. The minimum Gasteiger partial charge on any atom is -0.370 e. The zero-order valence-corrected chi connectivity index (χ0v) is 14.1. The van der Waals surface area contributed by atoms with Crippen molar-refractivity contribution in [3.8, 4) is 0 Å². The summed E-state index contributed by atoms with van der Waals surface area (Å²) in [6, 6.07) is 10.4. The van der Waals surface area contributed by atoms with Crippen molar-refractivity contribution in [3.05, 3.63) is 70.2 Å². The summed E-state index contributed by atoms with van der Waals surface area (Å²) in [5, 5.41) is 2.72. The number of ether oxygens (including phenoxy) is 1. The normalized spacial score (nSPS) is 17.4. The number of nitrogens with one attached hydrogen (secondary N) is 1. The van der Waals surface area contributed by atoms with Gasteiger partial charge in [0.05, 0.1) is 18.2 Å². The molecule has 1 aliphatic rings. The summed E-state index contributed by atoms with van der Waals surface area (Å²) in [7, 11) is 0. The van der Waals surface area contributed by atoms with Crippen LogP contribution in [0.5, 0.6) is 0 Å². The monoisotopic (exact) mass is 366 g/mol. The standard InChI is InChI=1S/C18H17ClF2N2O2/c19-14-9-12(5-6-16(14)21)17-11-23(7-8-25-17)18(24)22-10-13-3-1-2-4-15(13)20/h1-6,9,17H,7-8,10-11H2,(H,22,24)/t17-/m0/s1. The van der Waals surface area contributed by atoms with E-state index < -0.39 is 5.82 Å². The van der Waals surface area contributed by atoms with Gasteiger partial charge in [0.15, 0.2) is 0 Å². The molecular formula is C18H17ClF2N2O2. The van der Waals surface area contributed by atoms with Crippen LogP contribution in [-0.2, 0) is 11.3 Å². The Morgan fingerprint density at radius 3 is 2.80 bits per heavy atom. The second kappa shape index (κ2) is 7.80. The zero-order valence-electron chi connectivity index (χ0n) is 13.3. The van der Waals surface area contributed by atoms with Gasteiger partial charge in [0.25, 0.3) is 0 Å². The molecule has 3 rings (SSSR count). The van der Waals surface area contributed by atoms with Crippen molar-refractivity contribution in [1.29, 1.82) is 0 Å². The van der Waals surface area contributed by atoms with Crippen LogP contribution in [0.4, 0.5) is 13.6 Å². The van der Waals surface area contributed by atoms with E-state index in [0.717, 1.165) is 0 Å². The smallest absolute Gasteiger partial charge is 0.317 e. The molecule has 0 spiro atoms. The fourth-order valence-corrected chi connectivity index (χ4v) is 2.86. The van der Waals surface area contributed by atoms with Gasteiger partial charge in [-0.3, -0.25) is 0 Å². The second-order valence-corrected chi connectivity index (χ2v) is 6.14. The molecule has 0 unspecified atom stereocenters. The fourth-order valence-electron chi connectivity index (χ4n) is 2.67. The SMILES string of the molecule is O=C(NCc1ccccc1F)N1CCO[C@H](c2ccc(F)c(Cl)c2)C1. The highest BCUT2D eigenvalue weighted by atomic mass is 35.5. The molecule has 0 radical (unpaired) electrons. The molecule has 4 nitrogen and oxygen atoms in total. The summed E-state index contributed by atoms with van der Waals surface area (Å²) in [6.07, 6.45) is -0.383. The molecule has 1 N–H and O–H groups in total. The predicted octanol–water partition coefficient (Wildman–Crippen LogP) is 3.90. The van der Waals surface area contributed by atoms with E-state index in [2.05, 4.69) is 5.32 Å². The van der Waals surface area contributed by atoms with Crippen LogP contribution in [0.25, 0.3) is 0 Å². The van der Waals surface area contributed by atoms with Crippen molar-refractivity contribution >= 4 is 17.6 Å². The highest BCUT2D eigenvalue weighted by Crippen LogP contribution is 2.26. The van der Waals surface area contributed by atoms with E-state index >= 15 is 0 Å².